The minimum absolute atomic E-state index is 0.0312. The molecular formula is C13H20ClFN2O2S. The van der Waals surface area contributed by atoms with E-state index in [9.17, 15) is 12.8 Å². The minimum atomic E-state index is -3.88. The van der Waals surface area contributed by atoms with Gasteiger partial charge in [0.2, 0.25) is 10.0 Å². The number of sulfonamides is 1. The Bertz CT molecular complexity index is 557. The van der Waals surface area contributed by atoms with Crippen molar-refractivity contribution in [2.75, 3.05) is 6.54 Å². The van der Waals surface area contributed by atoms with Gasteiger partial charge in [-0.2, -0.15) is 0 Å². The standard InChI is InChI=1S/C13H20ClFN2O2S/c1-9(2)7-13(3,8-16)17-20(18,19)12-5-10(14)4-11(15)6-12/h4-6,9,17H,7-8,16H2,1-3H3. The summed E-state index contributed by atoms with van der Waals surface area (Å²) >= 11 is 5.69. The number of nitrogens with one attached hydrogen (secondary N) is 1. The van der Waals surface area contributed by atoms with Crippen LogP contribution < -0.4 is 10.5 Å². The van der Waals surface area contributed by atoms with E-state index in [0.29, 0.717) is 6.42 Å². The first kappa shape index (κ1) is 17.4. The van der Waals surface area contributed by atoms with Gasteiger partial charge in [0.15, 0.2) is 0 Å². The molecule has 7 heteroatoms. The van der Waals surface area contributed by atoms with Crippen molar-refractivity contribution in [1.29, 1.82) is 0 Å². The highest BCUT2D eigenvalue weighted by atomic mass is 35.5. The zero-order valence-corrected chi connectivity index (χ0v) is 13.4. The summed E-state index contributed by atoms with van der Waals surface area (Å²) in [5.41, 5.74) is 4.89. The molecule has 0 amide bonds. The summed E-state index contributed by atoms with van der Waals surface area (Å²) in [6, 6.07) is 3.19. The largest absolute Gasteiger partial charge is 0.329 e. The Kier molecular flexibility index (Phi) is 5.54. The maximum Gasteiger partial charge on any atom is 0.241 e. The maximum atomic E-state index is 13.3. The van der Waals surface area contributed by atoms with Crippen LogP contribution in [0.1, 0.15) is 27.2 Å². The highest BCUT2D eigenvalue weighted by Gasteiger charge is 2.30. The average molecular weight is 323 g/mol. The third-order valence-electron chi connectivity index (χ3n) is 2.84. The van der Waals surface area contributed by atoms with Gasteiger partial charge in [0, 0.05) is 17.1 Å². The van der Waals surface area contributed by atoms with Crippen LogP contribution in [-0.2, 0) is 10.0 Å². The van der Waals surface area contributed by atoms with Gasteiger partial charge < -0.3 is 5.73 Å². The number of nitrogens with two attached hydrogens (primary N) is 1. The lowest BCUT2D eigenvalue weighted by atomic mass is 9.92. The first-order valence-electron chi connectivity index (χ1n) is 6.28. The molecule has 1 rings (SSSR count). The van der Waals surface area contributed by atoms with Gasteiger partial charge in [-0.25, -0.2) is 17.5 Å². The van der Waals surface area contributed by atoms with Gasteiger partial charge in [0.1, 0.15) is 5.82 Å². The van der Waals surface area contributed by atoms with E-state index in [-0.39, 0.29) is 22.4 Å². The molecule has 0 saturated carbocycles. The highest BCUT2D eigenvalue weighted by Crippen LogP contribution is 2.22. The third-order valence-corrected chi connectivity index (χ3v) is 4.67. The fourth-order valence-corrected chi connectivity index (χ4v) is 3.90. The van der Waals surface area contributed by atoms with Crippen LogP contribution >= 0.6 is 11.6 Å². The zero-order chi connectivity index (χ0) is 15.6. The fourth-order valence-electron chi connectivity index (χ4n) is 2.13. The SMILES string of the molecule is CC(C)CC(C)(CN)NS(=O)(=O)c1cc(F)cc(Cl)c1. The Labute approximate surface area is 124 Å². The summed E-state index contributed by atoms with van der Waals surface area (Å²) in [6.45, 7) is 5.82. The minimum Gasteiger partial charge on any atom is -0.329 e. The van der Waals surface area contributed by atoms with Crippen LogP contribution in [-0.4, -0.2) is 20.5 Å². The van der Waals surface area contributed by atoms with Crippen molar-refractivity contribution in [2.24, 2.45) is 11.7 Å². The van der Waals surface area contributed by atoms with Crippen LogP contribution in [0, 0.1) is 11.7 Å². The lowest BCUT2D eigenvalue weighted by molar-refractivity contribution is 0.344. The monoisotopic (exact) mass is 322 g/mol. The Morgan fingerprint density at radius 1 is 1.40 bits per heavy atom. The number of benzene rings is 1. The van der Waals surface area contributed by atoms with Crippen molar-refractivity contribution in [2.45, 2.75) is 37.6 Å². The molecule has 0 aromatic heterocycles. The molecule has 1 atom stereocenters. The van der Waals surface area contributed by atoms with E-state index >= 15 is 0 Å². The molecule has 0 saturated heterocycles. The number of hydrogen-bond acceptors (Lipinski definition) is 3. The van der Waals surface area contributed by atoms with E-state index in [1.165, 1.54) is 6.07 Å². The fraction of sp³-hybridized carbons (Fsp3) is 0.538. The molecule has 0 spiro atoms. The molecule has 114 valence electrons. The normalized spacial score (nSPS) is 15.3. The van der Waals surface area contributed by atoms with Crippen molar-refractivity contribution < 1.29 is 12.8 Å². The Morgan fingerprint density at radius 2 is 2.00 bits per heavy atom. The van der Waals surface area contributed by atoms with Crippen molar-refractivity contribution in [3.8, 4) is 0 Å². The molecule has 3 N–H and O–H groups in total. The molecule has 1 aromatic rings. The molecular weight excluding hydrogens is 303 g/mol. The summed E-state index contributed by atoms with van der Waals surface area (Å²) in [4.78, 5) is -0.203. The summed E-state index contributed by atoms with van der Waals surface area (Å²) in [7, 11) is -3.88. The van der Waals surface area contributed by atoms with Crippen LogP contribution in [0.25, 0.3) is 0 Å². The predicted octanol–water partition coefficient (Wildman–Crippen LogP) is 2.52. The van der Waals surface area contributed by atoms with Gasteiger partial charge in [0.05, 0.1) is 4.90 Å². The Hall–Kier alpha value is -0.690. The van der Waals surface area contributed by atoms with Crippen LogP contribution in [0.15, 0.2) is 23.1 Å². The molecule has 0 aliphatic carbocycles. The number of halogens is 2. The molecule has 0 heterocycles. The lowest BCUT2D eigenvalue weighted by Crippen LogP contribution is -2.52. The second-order valence-corrected chi connectivity index (χ2v) is 7.69. The lowest BCUT2D eigenvalue weighted by Gasteiger charge is -2.30. The van der Waals surface area contributed by atoms with Gasteiger partial charge in [-0.05, 0) is 37.5 Å². The number of rotatable bonds is 6. The van der Waals surface area contributed by atoms with Gasteiger partial charge in [-0.3, -0.25) is 0 Å². The molecule has 20 heavy (non-hydrogen) atoms. The Balaban J connectivity index is 3.10. The second-order valence-electron chi connectivity index (χ2n) is 5.57. The van der Waals surface area contributed by atoms with E-state index in [0.717, 1.165) is 12.1 Å². The molecule has 0 fully saturated rings. The van der Waals surface area contributed by atoms with Crippen LogP contribution in [0.3, 0.4) is 0 Å². The molecule has 1 aromatic carbocycles. The van der Waals surface area contributed by atoms with E-state index in [1.54, 1.807) is 6.92 Å². The van der Waals surface area contributed by atoms with Crippen LogP contribution in [0.5, 0.6) is 0 Å². The van der Waals surface area contributed by atoms with Gasteiger partial charge in [0.25, 0.3) is 0 Å². The van der Waals surface area contributed by atoms with E-state index in [4.69, 9.17) is 17.3 Å². The van der Waals surface area contributed by atoms with Crippen molar-refractivity contribution >= 4 is 21.6 Å². The zero-order valence-electron chi connectivity index (χ0n) is 11.8. The first-order valence-corrected chi connectivity index (χ1v) is 8.14. The second kappa shape index (κ2) is 6.39. The summed E-state index contributed by atoms with van der Waals surface area (Å²) < 4.78 is 40.4. The molecule has 0 bridgehead atoms. The Morgan fingerprint density at radius 3 is 2.45 bits per heavy atom. The maximum absolute atomic E-state index is 13.3. The average Bonchev–Trinajstić information content (AvgIpc) is 2.25. The summed E-state index contributed by atoms with van der Waals surface area (Å²) in [6.07, 6.45) is 0.575. The van der Waals surface area contributed by atoms with Gasteiger partial charge >= 0.3 is 0 Å². The van der Waals surface area contributed by atoms with E-state index < -0.39 is 21.4 Å². The first-order chi connectivity index (χ1) is 9.08. The van der Waals surface area contributed by atoms with Gasteiger partial charge in [-0.1, -0.05) is 25.4 Å². The highest BCUT2D eigenvalue weighted by molar-refractivity contribution is 7.89. The predicted molar refractivity (Wildman–Crippen MR) is 78.6 cm³/mol. The summed E-state index contributed by atoms with van der Waals surface area (Å²) in [5, 5.41) is 0.0312. The molecule has 0 aliphatic heterocycles. The van der Waals surface area contributed by atoms with Crippen molar-refractivity contribution in [3.05, 3.63) is 29.0 Å². The molecule has 0 aliphatic rings. The molecule has 1 unspecified atom stereocenters. The topological polar surface area (TPSA) is 72.2 Å². The van der Waals surface area contributed by atoms with Crippen LogP contribution in [0.4, 0.5) is 4.39 Å². The van der Waals surface area contributed by atoms with E-state index in [2.05, 4.69) is 4.72 Å². The smallest absolute Gasteiger partial charge is 0.241 e. The number of hydrogen-bond donors (Lipinski definition) is 2. The van der Waals surface area contributed by atoms with E-state index in [1.807, 2.05) is 13.8 Å². The summed E-state index contributed by atoms with van der Waals surface area (Å²) in [5.74, 6) is -0.432. The molecule has 0 radical (unpaired) electrons. The van der Waals surface area contributed by atoms with Gasteiger partial charge in [-0.15, -0.1) is 0 Å². The van der Waals surface area contributed by atoms with Crippen LogP contribution in [0.2, 0.25) is 5.02 Å². The third kappa shape index (κ3) is 4.70. The van der Waals surface area contributed by atoms with Crippen molar-refractivity contribution in [3.63, 3.8) is 0 Å². The van der Waals surface area contributed by atoms with Crippen molar-refractivity contribution in [1.82, 2.24) is 4.72 Å². The molecule has 4 nitrogen and oxygen atoms in total. The quantitative estimate of drug-likeness (QED) is 0.845.